The zero-order valence-electron chi connectivity index (χ0n) is 6.89. The van der Waals surface area contributed by atoms with Gasteiger partial charge in [0, 0.05) is 1.37 Å². The number of amides is 1. The smallest absolute Gasteiger partial charge is 0.286 e. The van der Waals surface area contributed by atoms with E-state index in [1.165, 1.54) is 0 Å². The Morgan fingerprint density at radius 3 is 2.70 bits per heavy atom. The van der Waals surface area contributed by atoms with Gasteiger partial charge in [-0.05, 0) is 13.4 Å². The minimum atomic E-state index is -0.946. The maximum absolute atomic E-state index is 10.8. The highest BCUT2D eigenvalue weighted by Crippen LogP contribution is 1.90. The fourth-order valence-corrected chi connectivity index (χ4v) is 0.594. The summed E-state index contributed by atoms with van der Waals surface area (Å²) in [5.41, 5.74) is 4.75. The van der Waals surface area contributed by atoms with Crippen LogP contribution in [0.2, 0.25) is 0 Å². The molecular formula is C6H12N2O2. The molecule has 0 aromatic carbocycles. The van der Waals surface area contributed by atoms with E-state index < -0.39 is 17.7 Å². The predicted octanol–water partition coefficient (Wildman–Crippen LogP) is -0.961. The normalized spacial score (nSPS) is 13.9. The predicted molar refractivity (Wildman–Crippen MR) is 37.3 cm³/mol. The number of carbonyl (C=O) groups is 2. The van der Waals surface area contributed by atoms with Crippen LogP contribution in [-0.4, -0.2) is 24.8 Å². The van der Waals surface area contributed by atoms with Crippen LogP contribution in [0, 0.1) is 0 Å². The lowest BCUT2D eigenvalue weighted by Crippen LogP contribution is -2.41. The van der Waals surface area contributed by atoms with Crippen LogP contribution in [-0.2, 0) is 9.59 Å². The van der Waals surface area contributed by atoms with E-state index in [0.29, 0.717) is 6.42 Å². The summed E-state index contributed by atoms with van der Waals surface area (Å²) in [5, 5.41) is 2.53. The summed E-state index contributed by atoms with van der Waals surface area (Å²) in [6, 6.07) is -0.593. The van der Waals surface area contributed by atoms with Crippen molar-refractivity contribution in [3.05, 3.63) is 0 Å². The Bertz CT molecular complexity index is 161. The van der Waals surface area contributed by atoms with Gasteiger partial charge in [0.05, 0.1) is 6.04 Å². The van der Waals surface area contributed by atoms with Crippen LogP contribution in [0.15, 0.2) is 0 Å². The molecule has 0 unspecified atom stereocenters. The summed E-state index contributed by atoms with van der Waals surface area (Å²) in [6.45, 7) is 1.74. The van der Waals surface area contributed by atoms with Crippen LogP contribution < -0.4 is 11.1 Å². The fraction of sp³-hybridized carbons (Fsp3) is 0.667. The number of Topliss-reactive ketones (excluding diaryl/α,β-unsaturated/α-hetero) is 1. The highest BCUT2D eigenvalue weighted by molar-refractivity contribution is 6.37. The van der Waals surface area contributed by atoms with Gasteiger partial charge in [0.1, 0.15) is 0 Å². The number of carbonyl (C=O) groups excluding carboxylic acids is 2. The van der Waals surface area contributed by atoms with Crippen molar-refractivity contribution in [2.45, 2.75) is 19.4 Å². The monoisotopic (exact) mass is 146 g/mol. The van der Waals surface area contributed by atoms with Gasteiger partial charge in [0.2, 0.25) is 5.78 Å². The molecule has 0 rings (SSSR count). The van der Waals surface area contributed by atoms with E-state index in [-0.39, 0.29) is 7.02 Å². The van der Waals surface area contributed by atoms with Crippen LogP contribution in [0.3, 0.4) is 0 Å². The molecule has 0 aromatic rings. The summed E-state index contributed by atoms with van der Waals surface area (Å²) in [6.07, 6.45) is 0.473. The molecule has 0 aliphatic heterocycles. The van der Waals surface area contributed by atoms with E-state index >= 15 is 0 Å². The summed E-state index contributed by atoms with van der Waals surface area (Å²) >= 11 is 0. The molecule has 10 heavy (non-hydrogen) atoms. The average Bonchev–Trinajstić information content (AvgIpc) is 1.98. The number of ketones is 1. The lowest BCUT2D eigenvalue weighted by Gasteiger charge is -2.08. The first-order valence-electron chi connectivity index (χ1n) is 3.70. The lowest BCUT2D eigenvalue weighted by atomic mass is 10.1. The minimum Gasteiger partial charge on any atom is -0.363 e. The molecule has 0 radical (unpaired) electrons. The Morgan fingerprint density at radius 2 is 2.40 bits per heavy atom. The van der Waals surface area contributed by atoms with Gasteiger partial charge in [0.15, 0.2) is 0 Å². The first-order chi connectivity index (χ1) is 5.13. The molecule has 4 heteroatoms. The van der Waals surface area contributed by atoms with Crippen molar-refractivity contribution in [1.82, 2.24) is 5.32 Å². The van der Waals surface area contributed by atoms with E-state index in [9.17, 15) is 9.59 Å². The van der Waals surface area contributed by atoms with Crippen molar-refractivity contribution < 1.29 is 11.0 Å². The maximum Gasteiger partial charge on any atom is 0.286 e. The zero-order valence-corrected chi connectivity index (χ0v) is 5.89. The van der Waals surface area contributed by atoms with E-state index in [0.717, 1.165) is 0 Å². The molecule has 0 aromatic heterocycles. The Balaban J connectivity index is 4.02. The zero-order chi connectivity index (χ0) is 8.85. The van der Waals surface area contributed by atoms with Gasteiger partial charge >= 0.3 is 0 Å². The number of rotatable bonds is 4. The highest BCUT2D eigenvalue weighted by Gasteiger charge is 2.18. The van der Waals surface area contributed by atoms with Gasteiger partial charge in [-0.25, -0.2) is 0 Å². The maximum atomic E-state index is 10.8. The third-order valence-electron chi connectivity index (χ3n) is 1.21. The van der Waals surface area contributed by atoms with Crippen LogP contribution >= 0.6 is 0 Å². The Kier molecular flexibility index (Phi) is 2.89. The molecule has 3 N–H and O–H groups in total. The molecule has 0 bridgehead atoms. The average molecular weight is 146 g/mol. The SMILES string of the molecule is [3H]CN[C@@H](CC)C(=O)C(N)=O. The van der Waals surface area contributed by atoms with Crippen LogP contribution in [0.5, 0.6) is 0 Å². The van der Waals surface area contributed by atoms with Crippen molar-refractivity contribution in [1.29, 1.82) is 0 Å². The Labute approximate surface area is 61.2 Å². The standard InChI is InChI=1S/C6H12N2O2/c1-3-4(8-2)5(9)6(7)10/h4,8H,3H2,1-2H3,(H2,7,10)/t4-/m0/s1/i2T. The first kappa shape index (κ1) is 7.21. The molecule has 0 heterocycles. The molecule has 0 aliphatic rings. The van der Waals surface area contributed by atoms with Crippen molar-refractivity contribution >= 4 is 11.7 Å². The summed E-state index contributed by atoms with van der Waals surface area (Å²) in [7, 11) is -0.0858. The molecule has 0 fully saturated rings. The molecular weight excluding hydrogens is 132 g/mol. The molecule has 1 amide bonds. The number of hydrogen-bond donors (Lipinski definition) is 2. The second-order valence-corrected chi connectivity index (χ2v) is 1.89. The number of hydrogen-bond acceptors (Lipinski definition) is 3. The second kappa shape index (κ2) is 4.00. The van der Waals surface area contributed by atoms with Crippen LogP contribution in [0.25, 0.3) is 0 Å². The largest absolute Gasteiger partial charge is 0.363 e. The van der Waals surface area contributed by atoms with Gasteiger partial charge in [-0.1, -0.05) is 6.92 Å². The van der Waals surface area contributed by atoms with E-state index in [1.54, 1.807) is 6.92 Å². The topological polar surface area (TPSA) is 72.2 Å². The van der Waals surface area contributed by atoms with Crippen LogP contribution in [0.4, 0.5) is 0 Å². The van der Waals surface area contributed by atoms with Gasteiger partial charge in [-0.3, -0.25) is 9.59 Å². The molecule has 1 atom stereocenters. The molecule has 4 nitrogen and oxygen atoms in total. The summed E-state index contributed by atoms with van der Waals surface area (Å²) in [4.78, 5) is 21.2. The number of likely N-dealkylation sites (N-methyl/N-ethyl adjacent to an activating group) is 1. The van der Waals surface area contributed by atoms with Crippen LogP contribution in [0.1, 0.15) is 14.7 Å². The van der Waals surface area contributed by atoms with E-state index in [1.807, 2.05) is 0 Å². The number of nitrogens with two attached hydrogens (primary N) is 1. The lowest BCUT2D eigenvalue weighted by molar-refractivity contribution is -0.137. The Morgan fingerprint density at radius 1 is 1.80 bits per heavy atom. The third kappa shape index (κ3) is 2.14. The fourth-order valence-electron chi connectivity index (χ4n) is 0.594. The molecule has 0 spiro atoms. The van der Waals surface area contributed by atoms with E-state index in [2.05, 4.69) is 5.32 Å². The first-order valence-corrected chi connectivity index (χ1v) is 2.99. The third-order valence-corrected chi connectivity index (χ3v) is 1.21. The van der Waals surface area contributed by atoms with Gasteiger partial charge in [0.25, 0.3) is 5.91 Å². The van der Waals surface area contributed by atoms with Gasteiger partial charge < -0.3 is 11.1 Å². The number of primary amides is 1. The van der Waals surface area contributed by atoms with E-state index in [4.69, 9.17) is 7.10 Å². The Hall–Kier alpha value is -0.900. The van der Waals surface area contributed by atoms with Gasteiger partial charge in [-0.2, -0.15) is 0 Å². The van der Waals surface area contributed by atoms with Crippen molar-refractivity contribution in [2.75, 3.05) is 7.02 Å². The summed E-state index contributed by atoms with van der Waals surface area (Å²) in [5.74, 6) is -1.60. The molecule has 58 valence electrons. The molecule has 0 saturated heterocycles. The van der Waals surface area contributed by atoms with Gasteiger partial charge in [-0.15, -0.1) is 0 Å². The summed E-state index contributed by atoms with van der Waals surface area (Å²) < 4.78 is 6.76. The highest BCUT2D eigenvalue weighted by atomic mass is 16.2. The second-order valence-electron chi connectivity index (χ2n) is 1.89. The van der Waals surface area contributed by atoms with Crippen molar-refractivity contribution in [2.24, 2.45) is 5.73 Å². The van der Waals surface area contributed by atoms with Crippen molar-refractivity contribution in [3.8, 4) is 0 Å². The quantitative estimate of drug-likeness (QED) is 0.502. The molecule has 0 aliphatic carbocycles. The molecule has 0 saturated carbocycles. The minimum absolute atomic E-state index is 0.0858. The van der Waals surface area contributed by atoms with Crippen molar-refractivity contribution in [3.63, 3.8) is 0 Å². The number of nitrogens with one attached hydrogen (secondary N) is 1.